The number of hydrogen-bond donors (Lipinski definition) is 2. The normalized spacial score (nSPS) is 15.2. The van der Waals surface area contributed by atoms with E-state index in [1.54, 1.807) is 30.5 Å². The number of nitrogens with zero attached hydrogens (tertiary/aromatic N) is 1. The molecule has 2 aliphatic rings. The largest absolute Gasteiger partial charge is 0.454 e. The molecule has 2 N–H and O–H groups in total. The zero-order valence-corrected chi connectivity index (χ0v) is 15.2. The van der Waals surface area contributed by atoms with Gasteiger partial charge in [-0.1, -0.05) is 11.6 Å². The van der Waals surface area contributed by atoms with Crippen LogP contribution >= 0.6 is 0 Å². The van der Waals surface area contributed by atoms with E-state index >= 15 is 0 Å². The highest BCUT2D eigenvalue weighted by atomic mass is 16.7. The van der Waals surface area contributed by atoms with Crippen molar-refractivity contribution in [3.63, 3.8) is 0 Å². The molecule has 140 valence electrons. The Morgan fingerprint density at radius 2 is 2.04 bits per heavy atom. The molecule has 1 aliphatic heterocycles. The van der Waals surface area contributed by atoms with Crippen molar-refractivity contribution in [1.29, 1.82) is 0 Å². The van der Waals surface area contributed by atoms with Crippen LogP contribution in [0.2, 0.25) is 0 Å². The van der Waals surface area contributed by atoms with Gasteiger partial charge in [0.2, 0.25) is 6.79 Å². The number of rotatable bonds is 6. The molecule has 6 heteroatoms. The van der Waals surface area contributed by atoms with Gasteiger partial charge in [0.05, 0.1) is 5.56 Å². The Morgan fingerprint density at radius 3 is 2.85 bits per heavy atom. The van der Waals surface area contributed by atoms with E-state index in [1.165, 1.54) is 31.3 Å². The molecule has 1 aromatic carbocycles. The number of anilines is 2. The fourth-order valence-corrected chi connectivity index (χ4v) is 3.29. The number of benzene rings is 1. The first-order chi connectivity index (χ1) is 13.3. The van der Waals surface area contributed by atoms with E-state index in [9.17, 15) is 4.79 Å². The molecule has 27 heavy (non-hydrogen) atoms. The second-order valence-electron chi connectivity index (χ2n) is 6.74. The average molecular weight is 365 g/mol. The third-order valence-electron chi connectivity index (χ3n) is 4.79. The van der Waals surface area contributed by atoms with Crippen molar-refractivity contribution in [2.24, 2.45) is 0 Å². The van der Waals surface area contributed by atoms with Crippen molar-refractivity contribution < 1.29 is 14.3 Å². The summed E-state index contributed by atoms with van der Waals surface area (Å²) in [5.74, 6) is 1.90. The van der Waals surface area contributed by atoms with Crippen LogP contribution in [0.4, 0.5) is 11.5 Å². The van der Waals surface area contributed by atoms with Gasteiger partial charge < -0.3 is 20.1 Å². The number of carbonyl (C=O) groups excluding carboxylic acids is 1. The van der Waals surface area contributed by atoms with Gasteiger partial charge in [-0.15, -0.1) is 0 Å². The Labute approximate surface area is 158 Å². The highest BCUT2D eigenvalue weighted by molar-refractivity contribution is 6.04. The van der Waals surface area contributed by atoms with Crippen molar-refractivity contribution in [1.82, 2.24) is 4.98 Å². The first-order valence-corrected chi connectivity index (χ1v) is 9.37. The number of aromatic nitrogens is 1. The van der Waals surface area contributed by atoms with E-state index < -0.39 is 0 Å². The van der Waals surface area contributed by atoms with Crippen molar-refractivity contribution in [3.05, 3.63) is 53.7 Å². The van der Waals surface area contributed by atoms with Gasteiger partial charge in [-0.05, 0) is 56.4 Å². The van der Waals surface area contributed by atoms with Crippen LogP contribution in [0.15, 0.2) is 48.2 Å². The molecular weight excluding hydrogens is 342 g/mol. The summed E-state index contributed by atoms with van der Waals surface area (Å²) >= 11 is 0. The predicted octanol–water partition coefficient (Wildman–Crippen LogP) is 4.37. The van der Waals surface area contributed by atoms with Crippen LogP contribution in [0.5, 0.6) is 11.5 Å². The number of hydrogen-bond acceptors (Lipinski definition) is 5. The lowest BCUT2D eigenvalue weighted by atomic mass is 9.97. The van der Waals surface area contributed by atoms with Gasteiger partial charge in [0, 0.05) is 24.5 Å². The molecule has 0 saturated carbocycles. The fourth-order valence-electron chi connectivity index (χ4n) is 3.29. The maximum absolute atomic E-state index is 12.4. The summed E-state index contributed by atoms with van der Waals surface area (Å²) in [5, 5.41) is 6.17. The average Bonchev–Trinajstić information content (AvgIpc) is 3.17. The number of nitrogens with one attached hydrogen (secondary N) is 2. The Kier molecular flexibility index (Phi) is 5.23. The van der Waals surface area contributed by atoms with Crippen LogP contribution in [0, 0.1) is 0 Å². The van der Waals surface area contributed by atoms with Gasteiger partial charge in [0.1, 0.15) is 5.82 Å². The van der Waals surface area contributed by atoms with Crippen LogP contribution in [0.3, 0.4) is 0 Å². The van der Waals surface area contributed by atoms with Crippen molar-refractivity contribution in [3.8, 4) is 11.5 Å². The van der Waals surface area contributed by atoms with Crippen LogP contribution in [-0.2, 0) is 0 Å². The predicted molar refractivity (Wildman–Crippen MR) is 104 cm³/mol. The van der Waals surface area contributed by atoms with Crippen LogP contribution in [0.1, 0.15) is 42.5 Å². The lowest BCUT2D eigenvalue weighted by Crippen LogP contribution is -2.12. The third-order valence-corrected chi connectivity index (χ3v) is 4.79. The van der Waals surface area contributed by atoms with Crippen LogP contribution in [-0.4, -0.2) is 24.2 Å². The second kappa shape index (κ2) is 8.12. The summed E-state index contributed by atoms with van der Waals surface area (Å²) < 4.78 is 10.6. The molecule has 1 aromatic heterocycles. The lowest BCUT2D eigenvalue weighted by molar-refractivity contribution is 0.102. The van der Waals surface area contributed by atoms with Crippen LogP contribution in [0.25, 0.3) is 0 Å². The number of pyridine rings is 1. The zero-order valence-electron chi connectivity index (χ0n) is 15.2. The number of fused-ring (bicyclic) bond motifs is 1. The molecule has 4 rings (SSSR count). The smallest absolute Gasteiger partial charge is 0.257 e. The quantitative estimate of drug-likeness (QED) is 0.744. The van der Waals surface area contributed by atoms with Gasteiger partial charge in [-0.2, -0.15) is 0 Å². The van der Waals surface area contributed by atoms with E-state index in [4.69, 9.17) is 9.47 Å². The van der Waals surface area contributed by atoms with Gasteiger partial charge in [-0.25, -0.2) is 4.98 Å². The number of amides is 1. The van der Waals surface area contributed by atoms with Crippen molar-refractivity contribution in [2.75, 3.05) is 24.0 Å². The number of carbonyl (C=O) groups is 1. The van der Waals surface area contributed by atoms with E-state index in [2.05, 4.69) is 21.7 Å². The molecule has 1 amide bonds. The number of allylic oxidation sites excluding steroid dienone is 1. The van der Waals surface area contributed by atoms with E-state index in [-0.39, 0.29) is 12.7 Å². The maximum Gasteiger partial charge on any atom is 0.257 e. The highest BCUT2D eigenvalue weighted by Crippen LogP contribution is 2.34. The minimum absolute atomic E-state index is 0.208. The van der Waals surface area contributed by atoms with E-state index in [0.29, 0.717) is 22.7 Å². The van der Waals surface area contributed by atoms with Crippen LogP contribution < -0.4 is 20.1 Å². The summed E-state index contributed by atoms with van der Waals surface area (Å²) in [7, 11) is 0. The standard InChI is InChI=1S/C21H23N3O3/c25-21(24-17-7-8-18-19(12-17)27-14-26-18)16-6-9-20(23-13-16)22-11-10-15-4-2-1-3-5-15/h4,6-9,12-13H,1-3,5,10-11,14H2,(H,22,23)(H,24,25). The molecular formula is C21H23N3O3. The molecule has 2 heterocycles. The van der Waals surface area contributed by atoms with Gasteiger partial charge in [0.25, 0.3) is 5.91 Å². The fraction of sp³-hybridized carbons (Fsp3) is 0.333. The summed E-state index contributed by atoms with van der Waals surface area (Å²) in [6.07, 6.45) is 10.0. The molecule has 0 atom stereocenters. The topological polar surface area (TPSA) is 72.5 Å². The lowest BCUT2D eigenvalue weighted by Gasteiger charge is -2.13. The molecule has 0 spiro atoms. The molecule has 2 aromatic rings. The molecule has 1 aliphatic carbocycles. The van der Waals surface area contributed by atoms with E-state index in [1.807, 2.05) is 6.07 Å². The molecule has 0 saturated heterocycles. The second-order valence-corrected chi connectivity index (χ2v) is 6.74. The Bertz CT molecular complexity index is 846. The highest BCUT2D eigenvalue weighted by Gasteiger charge is 2.15. The Balaban J connectivity index is 1.30. The SMILES string of the molecule is O=C(Nc1ccc2c(c1)OCO2)c1ccc(NCCC2=CCCCC2)nc1. The minimum Gasteiger partial charge on any atom is -0.454 e. The monoisotopic (exact) mass is 365 g/mol. The zero-order chi connectivity index (χ0) is 18.5. The first kappa shape index (κ1) is 17.4. The molecule has 0 radical (unpaired) electrons. The maximum atomic E-state index is 12.4. The Hall–Kier alpha value is -3.02. The summed E-state index contributed by atoms with van der Waals surface area (Å²) in [4.78, 5) is 16.7. The third kappa shape index (κ3) is 4.39. The molecule has 6 nitrogen and oxygen atoms in total. The summed E-state index contributed by atoms with van der Waals surface area (Å²) in [6.45, 7) is 1.07. The minimum atomic E-state index is -0.208. The van der Waals surface area contributed by atoms with Gasteiger partial charge in [-0.3, -0.25) is 4.79 Å². The van der Waals surface area contributed by atoms with E-state index in [0.717, 1.165) is 18.8 Å². The van der Waals surface area contributed by atoms with Crippen molar-refractivity contribution in [2.45, 2.75) is 32.1 Å². The molecule has 0 fully saturated rings. The molecule has 0 bridgehead atoms. The first-order valence-electron chi connectivity index (χ1n) is 9.37. The molecule has 0 unspecified atom stereocenters. The summed E-state index contributed by atoms with van der Waals surface area (Å²) in [5.41, 5.74) is 2.70. The van der Waals surface area contributed by atoms with Gasteiger partial charge in [0.15, 0.2) is 11.5 Å². The van der Waals surface area contributed by atoms with Gasteiger partial charge >= 0.3 is 0 Å². The Morgan fingerprint density at radius 1 is 1.11 bits per heavy atom. The summed E-state index contributed by atoms with van der Waals surface area (Å²) in [6, 6.07) is 8.94. The van der Waals surface area contributed by atoms with Crippen molar-refractivity contribution >= 4 is 17.4 Å². The number of ether oxygens (including phenoxy) is 2.